The van der Waals surface area contributed by atoms with E-state index in [1.165, 1.54) is 36.1 Å². The number of nitrogens with two attached hydrogens (primary N) is 1. The quantitative estimate of drug-likeness (QED) is 0.856. The first-order valence-electron chi connectivity index (χ1n) is 10.3. The van der Waals surface area contributed by atoms with Gasteiger partial charge in [0.1, 0.15) is 0 Å². The summed E-state index contributed by atoms with van der Waals surface area (Å²) >= 11 is 0. The average molecular weight is 403 g/mol. The fraction of sp³-hybridized carbons (Fsp3) is 0.545. The molecule has 1 aliphatic carbocycles. The number of benzene rings is 1. The summed E-state index contributed by atoms with van der Waals surface area (Å²) in [6.07, 6.45) is 7.55. The van der Waals surface area contributed by atoms with Gasteiger partial charge in [0.15, 0.2) is 0 Å². The molecule has 0 unspecified atom stereocenters. The molecule has 2 N–H and O–H groups in total. The molecular weight excluding hydrogens is 372 g/mol. The number of amides is 1. The van der Waals surface area contributed by atoms with Crippen LogP contribution in [0.1, 0.15) is 43.4 Å². The molecule has 4 rings (SSSR count). The minimum absolute atomic E-state index is 0. The fourth-order valence-electron chi connectivity index (χ4n) is 4.77. The molecule has 0 saturated heterocycles. The minimum Gasteiger partial charge on any atom is -0.341 e. The lowest BCUT2D eigenvalue weighted by molar-refractivity contribution is -0.134. The molecule has 2 aromatic rings. The van der Waals surface area contributed by atoms with Crippen LogP contribution in [0.15, 0.2) is 30.3 Å². The number of halogens is 1. The van der Waals surface area contributed by atoms with Crippen LogP contribution in [0.2, 0.25) is 0 Å². The SMILES string of the molecule is Cl.Cn1nc2c(c1-c1ccccc1)CCN(C(=O)[C@@H](N)C1CCCCC1)CC2. The highest BCUT2D eigenvalue weighted by Crippen LogP contribution is 2.30. The van der Waals surface area contributed by atoms with E-state index in [1.54, 1.807) is 0 Å². The normalized spacial score (nSPS) is 18.7. The third-order valence-electron chi connectivity index (χ3n) is 6.28. The topological polar surface area (TPSA) is 64.2 Å². The molecule has 152 valence electrons. The van der Waals surface area contributed by atoms with Gasteiger partial charge in [-0.05, 0) is 25.2 Å². The van der Waals surface area contributed by atoms with Gasteiger partial charge in [-0.2, -0.15) is 5.10 Å². The van der Waals surface area contributed by atoms with E-state index in [1.807, 2.05) is 22.7 Å². The molecule has 1 fully saturated rings. The van der Waals surface area contributed by atoms with Crippen molar-refractivity contribution in [2.75, 3.05) is 13.1 Å². The highest BCUT2D eigenvalue weighted by atomic mass is 35.5. The number of carbonyl (C=O) groups is 1. The van der Waals surface area contributed by atoms with E-state index in [4.69, 9.17) is 10.8 Å². The van der Waals surface area contributed by atoms with Crippen molar-refractivity contribution >= 4 is 18.3 Å². The predicted molar refractivity (Wildman–Crippen MR) is 114 cm³/mol. The summed E-state index contributed by atoms with van der Waals surface area (Å²) in [5.74, 6) is 0.495. The second kappa shape index (κ2) is 9.10. The van der Waals surface area contributed by atoms with E-state index in [9.17, 15) is 4.79 Å². The minimum atomic E-state index is -0.338. The van der Waals surface area contributed by atoms with Gasteiger partial charge in [0.05, 0.1) is 17.4 Å². The van der Waals surface area contributed by atoms with Crippen LogP contribution in [0, 0.1) is 5.92 Å². The lowest BCUT2D eigenvalue weighted by atomic mass is 9.83. The lowest BCUT2D eigenvalue weighted by Gasteiger charge is -2.31. The molecule has 1 saturated carbocycles. The third kappa shape index (κ3) is 4.11. The Balaban J connectivity index is 0.00000225. The van der Waals surface area contributed by atoms with Gasteiger partial charge >= 0.3 is 0 Å². The Morgan fingerprint density at radius 1 is 1.11 bits per heavy atom. The van der Waals surface area contributed by atoms with E-state index in [0.717, 1.165) is 44.5 Å². The van der Waals surface area contributed by atoms with Gasteiger partial charge in [-0.25, -0.2) is 0 Å². The number of fused-ring (bicyclic) bond motifs is 1. The number of carbonyl (C=O) groups excluding carboxylic acids is 1. The molecule has 2 heterocycles. The number of hydrogen-bond acceptors (Lipinski definition) is 3. The van der Waals surface area contributed by atoms with Crippen molar-refractivity contribution in [3.05, 3.63) is 41.6 Å². The summed E-state index contributed by atoms with van der Waals surface area (Å²) in [5, 5.41) is 4.76. The second-order valence-electron chi connectivity index (χ2n) is 8.01. The van der Waals surface area contributed by atoms with Crippen LogP contribution < -0.4 is 5.73 Å². The lowest BCUT2D eigenvalue weighted by Crippen LogP contribution is -2.49. The molecule has 28 heavy (non-hydrogen) atoms. The van der Waals surface area contributed by atoms with Gasteiger partial charge in [-0.1, -0.05) is 49.6 Å². The Labute approximate surface area is 173 Å². The Morgan fingerprint density at radius 3 is 2.50 bits per heavy atom. The summed E-state index contributed by atoms with van der Waals surface area (Å²) in [6.45, 7) is 1.45. The van der Waals surface area contributed by atoms with E-state index in [2.05, 4.69) is 24.3 Å². The zero-order valence-electron chi connectivity index (χ0n) is 16.6. The van der Waals surface area contributed by atoms with Crippen molar-refractivity contribution in [2.45, 2.75) is 51.0 Å². The molecule has 1 atom stereocenters. The summed E-state index contributed by atoms with van der Waals surface area (Å²) in [7, 11) is 2.01. The van der Waals surface area contributed by atoms with Gasteiger partial charge in [0, 0.05) is 37.7 Å². The average Bonchev–Trinajstić information content (AvgIpc) is 2.89. The third-order valence-corrected chi connectivity index (χ3v) is 6.28. The molecule has 1 amide bonds. The van der Waals surface area contributed by atoms with Crippen molar-refractivity contribution in [3.8, 4) is 11.3 Å². The molecule has 6 heteroatoms. The first kappa shape index (κ1) is 20.9. The highest BCUT2D eigenvalue weighted by molar-refractivity contribution is 5.85. The number of nitrogens with zero attached hydrogens (tertiary/aromatic N) is 3. The second-order valence-corrected chi connectivity index (χ2v) is 8.01. The molecule has 0 spiro atoms. The highest BCUT2D eigenvalue weighted by Gasteiger charge is 2.31. The van der Waals surface area contributed by atoms with Crippen LogP contribution >= 0.6 is 12.4 Å². The van der Waals surface area contributed by atoms with E-state index in [-0.39, 0.29) is 24.4 Å². The monoisotopic (exact) mass is 402 g/mol. The van der Waals surface area contributed by atoms with Crippen molar-refractivity contribution in [1.82, 2.24) is 14.7 Å². The Hall–Kier alpha value is -1.85. The zero-order chi connectivity index (χ0) is 18.8. The maximum absolute atomic E-state index is 13.0. The number of aromatic nitrogens is 2. The summed E-state index contributed by atoms with van der Waals surface area (Å²) < 4.78 is 1.99. The molecule has 1 aromatic heterocycles. The predicted octanol–water partition coefficient (Wildman–Crippen LogP) is 3.34. The molecule has 1 aliphatic heterocycles. The molecule has 0 radical (unpaired) electrons. The van der Waals surface area contributed by atoms with Crippen molar-refractivity contribution in [2.24, 2.45) is 18.7 Å². The molecule has 0 bridgehead atoms. The van der Waals surface area contributed by atoms with Gasteiger partial charge in [0.2, 0.25) is 5.91 Å². The van der Waals surface area contributed by atoms with Crippen LogP contribution in [0.4, 0.5) is 0 Å². The zero-order valence-corrected chi connectivity index (χ0v) is 17.5. The molecule has 5 nitrogen and oxygen atoms in total. The van der Waals surface area contributed by atoms with Crippen molar-refractivity contribution in [3.63, 3.8) is 0 Å². The Kier molecular flexibility index (Phi) is 6.78. The first-order chi connectivity index (χ1) is 13.1. The maximum atomic E-state index is 13.0. The van der Waals surface area contributed by atoms with Crippen LogP contribution in [-0.4, -0.2) is 39.7 Å². The van der Waals surface area contributed by atoms with Crippen LogP contribution in [-0.2, 0) is 24.7 Å². The van der Waals surface area contributed by atoms with E-state index < -0.39 is 0 Å². The van der Waals surface area contributed by atoms with E-state index >= 15 is 0 Å². The van der Waals surface area contributed by atoms with Crippen LogP contribution in [0.3, 0.4) is 0 Å². The first-order valence-corrected chi connectivity index (χ1v) is 10.3. The number of aryl methyl sites for hydroxylation is 1. The van der Waals surface area contributed by atoms with Crippen LogP contribution in [0.5, 0.6) is 0 Å². The van der Waals surface area contributed by atoms with Gasteiger partial charge in [-0.15, -0.1) is 12.4 Å². The molecular formula is C22H31ClN4O. The molecule has 2 aliphatic rings. The van der Waals surface area contributed by atoms with Gasteiger partial charge in [-0.3, -0.25) is 9.48 Å². The summed E-state index contributed by atoms with van der Waals surface area (Å²) in [4.78, 5) is 15.0. The summed E-state index contributed by atoms with van der Waals surface area (Å²) in [6, 6.07) is 10.1. The van der Waals surface area contributed by atoms with E-state index in [0.29, 0.717) is 5.92 Å². The standard InChI is InChI=1S/C22H30N4O.ClH/c1-25-21(17-10-6-3-7-11-17)18-12-14-26(15-13-19(18)24-25)22(27)20(23)16-8-4-2-5-9-16;/h3,6-7,10-11,16,20H,2,4-5,8-9,12-15,23H2,1H3;1H/t20-;/m0./s1. The Morgan fingerprint density at radius 2 is 1.79 bits per heavy atom. The smallest absolute Gasteiger partial charge is 0.239 e. The van der Waals surface area contributed by atoms with Crippen molar-refractivity contribution < 1.29 is 4.79 Å². The summed E-state index contributed by atoms with van der Waals surface area (Å²) in [5.41, 5.74) is 11.2. The van der Waals surface area contributed by atoms with Crippen LogP contribution in [0.25, 0.3) is 11.3 Å². The largest absolute Gasteiger partial charge is 0.341 e. The van der Waals surface area contributed by atoms with Gasteiger partial charge < -0.3 is 10.6 Å². The number of hydrogen-bond donors (Lipinski definition) is 1. The number of rotatable bonds is 3. The van der Waals surface area contributed by atoms with Gasteiger partial charge in [0.25, 0.3) is 0 Å². The maximum Gasteiger partial charge on any atom is 0.239 e. The van der Waals surface area contributed by atoms with Crippen molar-refractivity contribution in [1.29, 1.82) is 0 Å². The fourth-order valence-corrected chi connectivity index (χ4v) is 4.77. The Bertz CT molecular complexity index is 798. The molecule has 1 aromatic carbocycles.